The molecule has 0 radical (unpaired) electrons. The Kier molecular flexibility index (Phi) is 4.07. The SMILES string of the molecule is Cc1nn(Cc2ccc(C#CCO)s2)c(C)c1Cl. The van der Waals surface area contributed by atoms with E-state index < -0.39 is 0 Å². The molecule has 0 aliphatic heterocycles. The van der Waals surface area contributed by atoms with Gasteiger partial charge in [-0.3, -0.25) is 4.68 Å². The molecule has 0 aliphatic rings. The number of hydrogen-bond donors (Lipinski definition) is 1. The third-order valence-corrected chi connectivity index (χ3v) is 4.08. The summed E-state index contributed by atoms with van der Waals surface area (Å²) in [6.07, 6.45) is 0. The highest BCUT2D eigenvalue weighted by Gasteiger charge is 2.10. The Hall–Kier alpha value is -1.28. The van der Waals surface area contributed by atoms with Crippen LogP contribution in [0.15, 0.2) is 12.1 Å². The van der Waals surface area contributed by atoms with Crippen LogP contribution in [0.3, 0.4) is 0 Å². The summed E-state index contributed by atoms with van der Waals surface area (Å²) in [5, 5.41) is 13.8. The zero-order chi connectivity index (χ0) is 13.1. The Morgan fingerprint density at radius 1 is 1.44 bits per heavy atom. The predicted octanol–water partition coefficient (Wildman–Crippen LogP) is 2.61. The molecule has 18 heavy (non-hydrogen) atoms. The summed E-state index contributed by atoms with van der Waals surface area (Å²) in [6.45, 7) is 4.45. The van der Waals surface area contributed by atoms with Crippen molar-refractivity contribution in [3.8, 4) is 11.8 Å². The maximum absolute atomic E-state index is 8.64. The van der Waals surface area contributed by atoms with Crippen molar-refractivity contribution in [3.05, 3.63) is 38.3 Å². The molecular weight excluding hydrogens is 268 g/mol. The summed E-state index contributed by atoms with van der Waals surface area (Å²) < 4.78 is 1.90. The molecule has 2 rings (SSSR count). The molecule has 1 N–H and O–H groups in total. The summed E-state index contributed by atoms with van der Waals surface area (Å²) in [5.74, 6) is 5.53. The molecule has 5 heteroatoms. The molecule has 94 valence electrons. The quantitative estimate of drug-likeness (QED) is 0.859. The second-order valence-corrected chi connectivity index (χ2v) is 5.41. The third kappa shape index (κ3) is 2.75. The van der Waals surface area contributed by atoms with Crippen molar-refractivity contribution in [2.24, 2.45) is 0 Å². The minimum atomic E-state index is -0.111. The number of aryl methyl sites for hydroxylation is 1. The predicted molar refractivity (Wildman–Crippen MR) is 74.1 cm³/mol. The lowest BCUT2D eigenvalue weighted by atomic mass is 10.4. The van der Waals surface area contributed by atoms with Crippen LogP contribution in [-0.2, 0) is 6.54 Å². The summed E-state index contributed by atoms with van der Waals surface area (Å²) in [5.41, 5.74) is 1.83. The lowest BCUT2D eigenvalue weighted by Crippen LogP contribution is -2.02. The Labute approximate surface area is 115 Å². The molecule has 0 fully saturated rings. The van der Waals surface area contributed by atoms with Crippen molar-refractivity contribution in [1.82, 2.24) is 9.78 Å². The largest absolute Gasteiger partial charge is 0.384 e. The first-order valence-corrected chi connectivity index (χ1v) is 6.69. The van der Waals surface area contributed by atoms with Crippen molar-refractivity contribution in [1.29, 1.82) is 0 Å². The van der Waals surface area contributed by atoms with Gasteiger partial charge in [0.15, 0.2) is 0 Å². The van der Waals surface area contributed by atoms with Gasteiger partial charge in [-0.15, -0.1) is 11.3 Å². The van der Waals surface area contributed by atoms with Gasteiger partial charge in [-0.1, -0.05) is 23.4 Å². The Morgan fingerprint density at radius 2 is 2.22 bits per heavy atom. The lowest BCUT2D eigenvalue weighted by Gasteiger charge is -2.01. The Bertz CT molecular complexity index is 619. The standard InChI is InChI=1S/C13H13ClN2OS/c1-9-13(14)10(2)16(15-9)8-12-6-5-11(18-12)4-3-7-17/h5-6,17H,7-8H2,1-2H3. The molecule has 0 unspecified atom stereocenters. The maximum atomic E-state index is 8.64. The molecule has 3 nitrogen and oxygen atoms in total. The number of rotatable bonds is 2. The second-order valence-electron chi connectivity index (χ2n) is 3.87. The van der Waals surface area contributed by atoms with Crippen molar-refractivity contribution in [2.75, 3.05) is 6.61 Å². The zero-order valence-corrected chi connectivity index (χ0v) is 11.8. The molecule has 2 aromatic rings. The smallest absolute Gasteiger partial charge is 0.104 e. The summed E-state index contributed by atoms with van der Waals surface area (Å²) in [6, 6.07) is 3.98. The van der Waals surface area contributed by atoms with Gasteiger partial charge < -0.3 is 5.11 Å². The third-order valence-electron chi connectivity index (χ3n) is 2.55. The van der Waals surface area contributed by atoms with Gasteiger partial charge in [0.05, 0.1) is 27.8 Å². The van der Waals surface area contributed by atoms with Crippen LogP contribution in [0.25, 0.3) is 0 Å². The number of aliphatic hydroxyl groups is 1. The van der Waals surface area contributed by atoms with E-state index in [0.29, 0.717) is 6.54 Å². The monoisotopic (exact) mass is 280 g/mol. The molecule has 0 aromatic carbocycles. The van der Waals surface area contributed by atoms with E-state index >= 15 is 0 Å². The van der Waals surface area contributed by atoms with E-state index in [-0.39, 0.29) is 6.61 Å². The molecule has 0 amide bonds. The van der Waals surface area contributed by atoms with E-state index in [9.17, 15) is 0 Å². The highest BCUT2D eigenvalue weighted by atomic mass is 35.5. The molecule has 0 saturated heterocycles. The van der Waals surface area contributed by atoms with Gasteiger partial charge in [0.25, 0.3) is 0 Å². The van der Waals surface area contributed by atoms with Gasteiger partial charge in [-0.25, -0.2) is 0 Å². The number of nitrogens with zero attached hydrogens (tertiary/aromatic N) is 2. The van der Waals surface area contributed by atoms with Crippen molar-refractivity contribution >= 4 is 22.9 Å². The summed E-state index contributed by atoms with van der Waals surface area (Å²) >= 11 is 7.71. The number of halogens is 1. The fourth-order valence-corrected chi connectivity index (χ4v) is 2.63. The van der Waals surface area contributed by atoms with Crippen LogP contribution in [-0.4, -0.2) is 21.5 Å². The summed E-state index contributed by atoms with van der Waals surface area (Å²) in [4.78, 5) is 2.12. The molecule has 0 atom stereocenters. The average molecular weight is 281 g/mol. The van der Waals surface area contributed by atoms with Crippen LogP contribution in [0, 0.1) is 25.7 Å². The van der Waals surface area contributed by atoms with Gasteiger partial charge in [0, 0.05) is 4.88 Å². The molecule has 0 spiro atoms. The van der Waals surface area contributed by atoms with Crippen LogP contribution >= 0.6 is 22.9 Å². The Balaban J connectivity index is 2.18. The van der Waals surface area contributed by atoms with E-state index in [1.807, 2.05) is 30.7 Å². The van der Waals surface area contributed by atoms with Crippen LogP contribution in [0.5, 0.6) is 0 Å². The number of aliphatic hydroxyl groups excluding tert-OH is 1. The minimum absolute atomic E-state index is 0.111. The lowest BCUT2D eigenvalue weighted by molar-refractivity contribution is 0.350. The number of aromatic nitrogens is 2. The number of hydrogen-bond acceptors (Lipinski definition) is 3. The van der Waals surface area contributed by atoms with Crippen LogP contribution in [0.2, 0.25) is 5.02 Å². The Morgan fingerprint density at radius 3 is 2.83 bits per heavy atom. The van der Waals surface area contributed by atoms with Crippen LogP contribution in [0.1, 0.15) is 21.1 Å². The van der Waals surface area contributed by atoms with Crippen LogP contribution in [0.4, 0.5) is 0 Å². The second kappa shape index (κ2) is 5.57. The van der Waals surface area contributed by atoms with Gasteiger partial charge in [0.2, 0.25) is 0 Å². The highest BCUT2D eigenvalue weighted by molar-refractivity contribution is 7.12. The van der Waals surface area contributed by atoms with Crippen LogP contribution < -0.4 is 0 Å². The minimum Gasteiger partial charge on any atom is -0.384 e. The average Bonchev–Trinajstić information content (AvgIpc) is 2.89. The first-order valence-electron chi connectivity index (χ1n) is 5.49. The summed E-state index contributed by atoms with van der Waals surface area (Å²) in [7, 11) is 0. The number of thiophene rings is 1. The molecule has 0 aliphatic carbocycles. The van der Waals surface area contributed by atoms with Gasteiger partial charge in [-0.05, 0) is 26.0 Å². The van der Waals surface area contributed by atoms with Crippen molar-refractivity contribution < 1.29 is 5.11 Å². The molecule has 0 saturated carbocycles. The topological polar surface area (TPSA) is 38.0 Å². The fraction of sp³-hybridized carbons (Fsp3) is 0.308. The van der Waals surface area contributed by atoms with E-state index in [1.54, 1.807) is 11.3 Å². The first-order chi connectivity index (χ1) is 8.61. The molecule has 2 heterocycles. The molecule has 0 bridgehead atoms. The van der Waals surface area contributed by atoms with Gasteiger partial charge >= 0.3 is 0 Å². The fourth-order valence-electron chi connectivity index (χ4n) is 1.63. The zero-order valence-electron chi connectivity index (χ0n) is 10.2. The van der Waals surface area contributed by atoms with E-state index in [0.717, 1.165) is 21.3 Å². The highest BCUT2D eigenvalue weighted by Crippen LogP contribution is 2.22. The first kappa shape index (κ1) is 13.2. The van der Waals surface area contributed by atoms with E-state index in [2.05, 4.69) is 16.9 Å². The van der Waals surface area contributed by atoms with Crippen molar-refractivity contribution in [3.63, 3.8) is 0 Å². The van der Waals surface area contributed by atoms with E-state index in [4.69, 9.17) is 16.7 Å². The van der Waals surface area contributed by atoms with Gasteiger partial charge in [0.1, 0.15) is 6.61 Å². The van der Waals surface area contributed by atoms with E-state index in [1.165, 1.54) is 4.88 Å². The van der Waals surface area contributed by atoms with Gasteiger partial charge in [-0.2, -0.15) is 5.10 Å². The molecular formula is C13H13ClN2OS. The normalized spacial score (nSPS) is 10.2. The maximum Gasteiger partial charge on any atom is 0.104 e. The molecule has 2 aromatic heterocycles. The van der Waals surface area contributed by atoms with Crippen molar-refractivity contribution in [2.45, 2.75) is 20.4 Å².